The van der Waals surface area contributed by atoms with Crippen LogP contribution in [0.5, 0.6) is 5.75 Å². The van der Waals surface area contributed by atoms with Gasteiger partial charge in [0.1, 0.15) is 18.1 Å². The number of hydrogen-bond acceptors (Lipinski definition) is 4. The fraction of sp³-hybridized carbons (Fsp3) is 0.174. The first-order valence-corrected chi connectivity index (χ1v) is 11.0. The van der Waals surface area contributed by atoms with E-state index in [1.54, 1.807) is 48.5 Å². The lowest BCUT2D eigenvalue weighted by Gasteiger charge is -2.24. The maximum Gasteiger partial charge on any atom is 0.264 e. The molecule has 31 heavy (non-hydrogen) atoms. The van der Waals surface area contributed by atoms with E-state index in [0.29, 0.717) is 17.0 Å². The molecule has 6 nitrogen and oxygen atoms in total. The van der Waals surface area contributed by atoms with Crippen molar-refractivity contribution in [2.45, 2.75) is 18.4 Å². The molecule has 1 N–H and O–H groups in total. The lowest BCUT2D eigenvalue weighted by atomic mass is 10.2. The number of nitrogens with zero attached hydrogens (tertiary/aromatic N) is 1. The van der Waals surface area contributed by atoms with Crippen LogP contribution in [-0.4, -0.2) is 28.0 Å². The number of methoxy groups -OCH3 is 1. The van der Waals surface area contributed by atoms with Crippen molar-refractivity contribution in [3.8, 4) is 5.75 Å². The van der Waals surface area contributed by atoms with Gasteiger partial charge in [-0.25, -0.2) is 12.8 Å². The number of aryl methyl sites for hydroxylation is 1. The van der Waals surface area contributed by atoms with E-state index in [9.17, 15) is 17.6 Å². The van der Waals surface area contributed by atoms with Gasteiger partial charge in [0.05, 0.1) is 17.7 Å². The Balaban J connectivity index is 1.85. The summed E-state index contributed by atoms with van der Waals surface area (Å²) in [5.74, 6) is -0.397. The van der Waals surface area contributed by atoms with Gasteiger partial charge >= 0.3 is 0 Å². The monoisotopic (exact) mass is 442 g/mol. The maximum atomic E-state index is 13.3. The lowest BCUT2D eigenvalue weighted by molar-refractivity contribution is -0.119. The average Bonchev–Trinajstić information content (AvgIpc) is 2.77. The van der Waals surface area contributed by atoms with Gasteiger partial charge in [0.15, 0.2) is 0 Å². The summed E-state index contributed by atoms with van der Waals surface area (Å²) in [6.45, 7) is 1.55. The summed E-state index contributed by atoms with van der Waals surface area (Å²) in [7, 11) is -2.53. The van der Waals surface area contributed by atoms with Crippen molar-refractivity contribution in [3.63, 3.8) is 0 Å². The molecule has 0 unspecified atom stereocenters. The summed E-state index contributed by atoms with van der Waals surface area (Å²) in [5.41, 5.74) is 1.90. The molecule has 0 atom stereocenters. The van der Waals surface area contributed by atoms with Crippen molar-refractivity contribution >= 4 is 21.6 Å². The highest BCUT2D eigenvalue weighted by Crippen LogP contribution is 2.25. The standard InChI is InChI=1S/C23H23FN2O4S/c1-17-6-8-20(9-7-17)26(31(28,29)22-12-10-21(30-2)11-13-22)16-23(27)25-15-18-4-3-5-19(24)14-18/h3-14H,15-16H2,1-2H3,(H,25,27). The molecular weight excluding hydrogens is 419 g/mol. The van der Waals surface area contributed by atoms with E-state index < -0.39 is 28.3 Å². The van der Waals surface area contributed by atoms with Crippen molar-refractivity contribution in [1.29, 1.82) is 0 Å². The third-order valence-corrected chi connectivity index (χ3v) is 6.42. The zero-order valence-corrected chi connectivity index (χ0v) is 18.0. The second-order valence-electron chi connectivity index (χ2n) is 6.93. The molecule has 1 amide bonds. The van der Waals surface area contributed by atoms with Gasteiger partial charge in [-0.3, -0.25) is 9.10 Å². The van der Waals surface area contributed by atoms with Crippen LogP contribution < -0.4 is 14.4 Å². The van der Waals surface area contributed by atoms with Crippen LogP contribution >= 0.6 is 0 Å². The first-order chi connectivity index (χ1) is 14.8. The normalized spacial score (nSPS) is 11.1. The van der Waals surface area contributed by atoms with Gasteiger partial charge in [0, 0.05) is 6.54 Å². The van der Waals surface area contributed by atoms with Crippen molar-refractivity contribution in [2.24, 2.45) is 0 Å². The molecule has 3 aromatic rings. The summed E-state index contributed by atoms with van der Waals surface area (Å²) in [6.07, 6.45) is 0. The fourth-order valence-electron chi connectivity index (χ4n) is 2.93. The number of halogens is 1. The van der Waals surface area contributed by atoms with Gasteiger partial charge in [-0.1, -0.05) is 29.8 Å². The van der Waals surface area contributed by atoms with Gasteiger partial charge in [0.25, 0.3) is 10.0 Å². The topological polar surface area (TPSA) is 75.7 Å². The lowest BCUT2D eigenvalue weighted by Crippen LogP contribution is -2.40. The van der Waals surface area contributed by atoms with E-state index in [1.165, 1.54) is 31.4 Å². The molecule has 8 heteroatoms. The predicted octanol–water partition coefficient (Wildman–Crippen LogP) is 3.65. The molecule has 0 radical (unpaired) electrons. The maximum absolute atomic E-state index is 13.3. The van der Waals surface area contributed by atoms with E-state index in [4.69, 9.17) is 4.74 Å². The molecule has 0 aliphatic carbocycles. The van der Waals surface area contributed by atoms with Gasteiger partial charge in [-0.2, -0.15) is 0 Å². The summed E-state index contributed by atoms with van der Waals surface area (Å²) in [4.78, 5) is 12.6. The zero-order valence-electron chi connectivity index (χ0n) is 17.2. The number of ether oxygens (including phenoxy) is 1. The molecule has 3 rings (SSSR count). The van der Waals surface area contributed by atoms with Gasteiger partial charge < -0.3 is 10.1 Å². The zero-order chi connectivity index (χ0) is 22.4. The molecule has 0 saturated heterocycles. The van der Waals surface area contributed by atoms with E-state index >= 15 is 0 Å². The van der Waals surface area contributed by atoms with E-state index in [-0.39, 0.29) is 11.4 Å². The Kier molecular flexibility index (Phi) is 6.91. The molecule has 0 aliphatic heterocycles. The Morgan fingerprint density at radius 3 is 2.32 bits per heavy atom. The first-order valence-electron chi connectivity index (χ1n) is 9.54. The largest absolute Gasteiger partial charge is 0.497 e. The fourth-order valence-corrected chi connectivity index (χ4v) is 4.36. The third-order valence-electron chi connectivity index (χ3n) is 4.64. The predicted molar refractivity (Wildman–Crippen MR) is 117 cm³/mol. The smallest absolute Gasteiger partial charge is 0.264 e. The quantitative estimate of drug-likeness (QED) is 0.578. The molecule has 0 bridgehead atoms. The molecule has 0 fully saturated rings. The minimum Gasteiger partial charge on any atom is -0.497 e. The second-order valence-corrected chi connectivity index (χ2v) is 8.79. The molecule has 0 aliphatic rings. The molecule has 0 heterocycles. The van der Waals surface area contributed by atoms with Crippen LogP contribution in [0.25, 0.3) is 0 Å². The van der Waals surface area contributed by atoms with Gasteiger partial charge in [-0.05, 0) is 61.0 Å². The minimum atomic E-state index is -4.02. The SMILES string of the molecule is COc1ccc(S(=O)(=O)N(CC(=O)NCc2cccc(F)c2)c2ccc(C)cc2)cc1. The number of anilines is 1. The number of hydrogen-bond donors (Lipinski definition) is 1. The molecule has 0 saturated carbocycles. The summed E-state index contributed by atoms with van der Waals surface area (Å²) < 4.78 is 46.1. The highest BCUT2D eigenvalue weighted by Gasteiger charge is 2.27. The van der Waals surface area contributed by atoms with Gasteiger partial charge in [0.2, 0.25) is 5.91 Å². The van der Waals surface area contributed by atoms with E-state index in [0.717, 1.165) is 9.87 Å². The molecular formula is C23H23FN2O4S. The molecule has 0 aromatic heterocycles. The van der Waals surface area contributed by atoms with Crippen molar-refractivity contribution < 1.29 is 22.3 Å². The van der Waals surface area contributed by atoms with Crippen LogP contribution in [0.15, 0.2) is 77.7 Å². The summed E-state index contributed by atoms with van der Waals surface area (Å²) in [5, 5.41) is 2.65. The highest BCUT2D eigenvalue weighted by molar-refractivity contribution is 7.92. The van der Waals surface area contributed by atoms with E-state index in [2.05, 4.69) is 5.32 Å². The minimum absolute atomic E-state index is 0.0341. The average molecular weight is 443 g/mol. The Bertz CT molecular complexity index is 1150. The summed E-state index contributed by atoms with van der Waals surface area (Å²) in [6, 6.07) is 18.6. The second kappa shape index (κ2) is 9.61. The number of sulfonamides is 1. The highest BCUT2D eigenvalue weighted by atomic mass is 32.2. The number of rotatable bonds is 8. The van der Waals surface area contributed by atoms with Crippen LogP contribution in [0.1, 0.15) is 11.1 Å². The van der Waals surface area contributed by atoms with Crippen molar-refractivity contribution in [1.82, 2.24) is 5.32 Å². The van der Waals surface area contributed by atoms with Crippen molar-refractivity contribution in [2.75, 3.05) is 18.0 Å². The Labute approximate surface area is 181 Å². The summed E-state index contributed by atoms with van der Waals surface area (Å²) >= 11 is 0. The van der Waals surface area contributed by atoms with Crippen molar-refractivity contribution in [3.05, 3.63) is 89.7 Å². The number of amides is 1. The van der Waals surface area contributed by atoms with Crippen LogP contribution in [0, 0.1) is 12.7 Å². The molecule has 162 valence electrons. The Morgan fingerprint density at radius 2 is 1.71 bits per heavy atom. The number of carbonyl (C=O) groups is 1. The first kappa shape index (κ1) is 22.3. The Hall–Kier alpha value is -3.39. The van der Waals surface area contributed by atoms with Crippen LogP contribution in [-0.2, 0) is 21.4 Å². The molecule has 0 spiro atoms. The number of nitrogens with one attached hydrogen (secondary N) is 1. The number of carbonyl (C=O) groups excluding carboxylic acids is 1. The Morgan fingerprint density at radius 1 is 1.03 bits per heavy atom. The van der Waals surface area contributed by atoms with Crippen LogP contribution in [0.4, 0.5) is 10.1 Å². The van der Waals surface area contributed by atoms with Crippen LogP contribution in [0.2, 0.25) is 0 Å². The number of benzene rings is 3. The van der Waals surface area contributed by atoms with Crippen LogP contribution in [0.3, 0.4) is 0 Å². The third kappa shape index (κ3) is 5.61. The molecule has 3 aromatic carbocycles. The van der Waals surface area contributed by atoms with Gasteiger partial charge in [-0.15, -0.1) is 0 Å². The van der Waals surface area contributed by atoms with E-state index in [1.807, 2.05) is 6.92 Å².